The third-order valence-corrected chi connectivity index (χ3v) is 2.95. The number of hydrogen-bond donors (Lipinski definition) is 3. The normalized spacial score (nSPS) is 18.1. The number of amides is 2. The Balaban J connectivity index is 2.09. The van der Waals surface area contributed by atoms with Gasteiger partial charge in [-0.3, -0.25) is 9.59 Å². The van der Waals surface area contributed by atoms with Gasteiger partial charge in [0.15, 0.2) is 0 Å². The quantitative estimate of drug-likeness (QED) is 0.706. The topological polar surface area (TPSA) is 88.7 Å². The van der Waals surface area contributed by atoms with Crippen LogP contribution in [0.4, 0.5) is 5.69 Å². The molecule has 0 saturated carbocycles. The Labute approximate surface area is 116 Å². The van der Waals surface area contributed by atoms with E-state index in [1.807, 2.05) is 0 Å². The average Bonchev–Trinajstić information content (AvgIpc) is 2.47. The second-order valence-corrected chi connectivity index (χ2v) is 4.31. The zero-order valence-electron chi connectivity index (χ0n) is 11.4. The van der Waals surface area contributed by atoms with Gasteiger partial charge in [0.05, 0.1) is 26.5 Å². The maximum absolute atomic E-state index is 12.1. The predicted molar refractivity (Wildman–Crippen MR) is 73.0 cm³/mol. The van der Waals surface area contributed by atoms with Gasteiger partial charge in [-0.25, -0.2) is 0 Å². The largest absolute Gasteiger partial charge is 0.497 e. The van der Waals surface area contributed by atoms with Gasteiger partial charge in [-0.15, -0.1) is 0 Å². The van der Waals surface area contributed by atoms with Gasteiger partial charge in [0, 0.05) is 12.6 Å². The molecule has 1 heterocycles. The molecule has 1 aromatic rings. The van der Waals surface area contributed by atoms with Crippen molar-refractivity contribution in [1.82, 2.24) is 10.6 Å². The first-order chi connectivity index (χ1) is 9.63. The molecule has 0 bridgehead atoms. The van der Waals surface area contributed by atoms with E-state index in [1.165, 1.54) is 7.11 Å². The molecule has 1 fully saturated rings. The lowest BCUT2D eigenvalue weighted by Crippen LogP contribution is -2.57. The van der Waals surface area contributed by atoms with Crippen LogP contribution in [0.3, 0.4) is 0 Å². The number of piperazine rings is 1. The Kier molecular flexibility index (Phi) is 4.41. The lowest BCUT2D eigenvalue weighted by atomic mass is 10.2. The molecular weight excluding hydrogens is 262 g/mol. The van der Waals surface area contributed by atoms with Gasteiger partial charge < -0.3 is 25.4 Å². The van der Waals surface area contributed by atoms with Crippen LogP contribution < -0.4 is 25.4 Å². The Morgan fingerprint density at radius 3 is 2.80 bits per heavy atom. The van der Waals surface area contributed by atoms with Crippen molar-refractivity contribution >= 4 is 17.5 Å². The first kappa shape index (κ1) is 14.1. The molecule has 20 heavy (non-hydrogen) atoms. The number of methoxy groups -OCH3 is 2. The zero-order valence-corrected chi connectivity index (χ0v) is 11.4. The summed E-state index contributed by atoms with van der Waals surface area (Å²) in [5.74, 6) is 0.632. The predicted octanol–water partition coefficient (Wildman–Crippen LogP) is -0.270. The number of benzene rings is 1. The summed E-state index contributed by atoms with van der Waals surface area (Å²) in [5, 5.41) is 8.22. The lowest BCUT2D eigenvalue weighted by molar-refractivity contribution is -0.127. The van der Waals surface area contributed by atoms with Gasteiger partial charge in [-0.2, -0.15) is 0 Å². The number of rotatable bonds is 4. The summed E-state index contributed by atoms with van der Waals surface area (Å²) in [7, 11) is 3.06. The molecule has 1 aliphatic rings. The van der Waals surface area contributed by atoms with Crippen molar-refractivity contribution in [2.75, 3.05) is 32.6 Å². The van der Waals surface area contributed by atoms with Crippen LogP contribution in [0, 0.1) is 0 Å². The van der Waals surface area contributed by atoms with Crippen molar-refractivity contribution in [3.05, 3.63) is 18.2 Å². The fourth-order valence-electron chi connectivity index (χ4n) is 1.91. The highest BCUT2D eigenvalue weighted by atomic mass is 16.5. The number of carbonyl (C=O) groups is 2. The smallest absolute Gasteiger partial charge is 0.248 e. The molecule has 0 spiro atoms. The monoisotopic (exact) mass is 279 g/mol. The summed E-state index contributed by atoms with van der Waals surface area (Å²) >= 11 is 0. The molecule has 1 aliphatic heterocycles. The van der Waals surface area contributed by atoms with E-state index in [4.69, 9.17) is 9.47 Å². The number of anilines is 1. The van der Waals surface area contributed by atoms with E-state index in [0.717, 1.165) is 0 Å². The first-order valence-electron chi connectivity index (χ1n) is 6.17. The van der Waals surface area contributed by atoms with E-state index in [1.54, 1.807) is 25.3 Å². The van der Waals surface area contributed by atoms with E-state index in [2.05, 4.69) is 16.0 Å². The van der Waals surface area contributed by atoms with Crippen molar-refractivity contribution in [3.63, 3.8) is 0 Å². The van der Waals surface area contributed by atoms with Gasteiger partial charge in [0.1, 0.15) is 17.5 Å². The number of hydrogen-bond acceptors (Lipinski definition) is 5. The fourth-order valence-corrected chi connectivity index (χ4v) is 1.91. The average molecular weight is 279 g/mol. The zero-order chi connectivity index (χ0) is 14.5. The van der Waals surface area contributed by atoms with Crippen molar-refractivity contribution in [2.24, 2.45) is 0 Å². The van der Waals surface area contributed by atoms with E-state index in [-0.39, 0.29) is 18.4 Å². The molecule has 1 saturated heterocycles. The van der Waals surface area contributed by atoms with Gasteiger partial charge in [0.25, 0.3) is 0 Å². The minimum atomic E-state index is -0.594. The standard InChI is InChI=1S/C13H17N3O4/c1-19-8-3-4-9(11(5-8)20-2)16-13(18)10-6-14-7-12(17)15-10/h3-5,10,14H,6-7H2,1-2H3,(H,15,17)(H,16,18)/t10-/m1/s1. The Bertz CT molecular complexity index is 518. The van der Waals surface area contributed by atoms with Crippen LogP contribution in [-0.2, 0) is 9.59 Å². The number of ether oxygens (including phenoxy) is 2. The SMILES string of the molecule is COc1ccc(NC(=O)[C@H]2CNCC(=O)N2)c(OC)c1. The van der Waals surface area contributed by atoms with E-state index in [0.29, 0.717) is 23.7 Å². The molecule has 0 aliphatic carbocycles. The second kappa shape index (κ2) is 6.25. The Hall–Kier alpha value is -2.28. The number of nitrogens with one attached hydrogen (secondary N) is 3. The minimum absolute atomic E-state index is 0.196. The molecule has 0 aromatic heterocycles. The summed E-state index contributed by atoms with van der Waals surface area (Å²) in [5.41, 5.74) is 0.526. The van der Waals surface area contributed by atoms with Crippen LogP contribution >= 0.6 is 0 Å². The van der Waals surface area contributed by atoms with Crippen LogP contribution in [0.5, 0.6) is 11.5 Å². The molecule has 2 rings (SSSR count). The minimum Gasteiger partial charge on any atom is -0.497 e. The molecule has 108 valence electrons. The molecule has 2 amide bonds. The Morgan fingerprint density at radius 2 is 2.15 bits per heavy atom. The molecule has 1 aromatic carbocycles. The van der Waals surface area contributed by atoms with Gasteiger partial charge in [-0.05, 0) is 12.1 Å². The van der Waals surface area contributed by atoms with Crippen LogP contribution in [0.25, 0.3) is 0 Å². The van der Waals surface area contributed by atoms with Gasteiger partial charge >= 0.3 is 0 Å². The van der Waals surface area contributed by atoms with Crippen LogP contribution in [0.15, 0.2) is 18.2 Å². The van der Waals surface area contributed by atoms with E-state index < -0.39 is 6.04 Å². The lowest BCUT2D eigenvalue weighted by Gasteiger charge is -2.23. The van der Waals surface area contributed by atoms with Crippen LogP contribution in [0.1, 0.15) is 0 Å². The van der Waals surface area contributed by atoms with Crippen molar-refractivity contribution in [2.45, 2.75) is 6.04 Å². The molecule has 7 nitrogen and oxygen atoms in total. The van der Waals surface area contributed by atoms with Crippen LogP contribution in [-0.4, -0.2) is 45.2 Å². The van der Waals surface area contributed by atoms with Crippen molar-refractivity contribution in [1.29, 1.82) is 0 Å². The Morgan fingerprint density at radius 1 is 1.35 bits per heavy atom. The van der Waals surface area contributed by atoms with E-state index >= 15 is 0 Å². The van der Waals surface area contributed by atoms with E-state index in [9.17, 15) is 9.59 Å². The summed E-state index contributed by atoms with van der Waals surface area (Å²) in [6.45, 7) is 0.631. The third-order valence-electron chi connectivity index (χ3n) is 2.95. The summed E-state index contributed by atoms with van der Waals surface area (Å²) in [6.07, 6.45) is 0. The maximum atomic E-state index is 12.1. The van der Waals surface area contributed by atoms with Crippen molar-refractivity contribution in [3.8, 4) is 11.5 Å². The summed E-state index contributed by atoms with van der Waals surface area (Å²) < 4.78 is 10.3. The highest BCUT2D eigenvalue weighted by molar-refractivity contribution is 5.99. The molecule has 0 unspecified atom stereocenters. The maximum Gasteiger partial charge on any atom is 0.248 e. The van der Waals surface area contributed by atoms with Crippen molar-refractivity contribution < 1.29 is 19.1 Å². The molecule has 1 atom stereocenters. The fraction of sp³-hybridized carbons (Fsp3) is 0.385. The van der Waals surface area contributed by atoms with Gasteiger partial charge in [0.2, 0.25) is 11.8 Å². The van der Waals surface area contributed by atoms with Crippen LogP contribution in [0.2, 0.25) is 0 Å². The molecule has 3 N–H and O–H groups in total. The third kappa shape index (κ3) is 3.18. The summed E-state index contributed by atoms with van der Waals surface area (Å²) in [6, 6.07) is 4.49. The highest BCUT2D eigenvalue weighted by Crippen LogP contribution is 2.29. The summed E-state index contributed by atoms with van der Waals surface area (Å²) in [4.78, 5) is 23.3. The number of carbonyl (C=O) groups excluding carboxylic acids is 2. The van der Waals surface area contributed by atoms with Gasteiger partial charge in [-0.1, -0.05) is 0 Å². The molecule has 7 heteroatoms. The first-order valence-corrected chi connectivity index (χ1v) is 6.17. The second-order valence-electron chi connectivity index (χ2n) is 4.31. The molecular formula is C13H17N3O4. The highest BCUT2D eigenvalue weighted by Gasteiger charge is 2.25. The molecule has 0 radical (unpaired) electrons.